The third-order valence-electron chi connectivity index (χ3n) is 4.80. The molecule has 2 aliphatic rings. The molecule has 1 unspecified atom stereocenters. The lowest BCUT2D eigenvalue weighted by Crippen LogP contribution is -2.40. The van der Waals surface area contributed by atoms with Gasteiger partial charge in [-0.05, 0) is 30.5 Å². The lowest BCUT2D eigenvalue weighted by Gasteiger charge is -2.24. The van der Waals surface area contributed by atoms with Crippen LogP contribution in [0.5, 0.6) is 0 Å². The fourth-order valence-corrected chi connectivity index (χ4v) is 3.97. The van der Waals surface area contributed by atoms with Gasteiger partial charge in [-0.25, -0.2) is 0 Å². The van der Waals surface area contributed by atoms with Gasteiger partial charge in [0, 0.05) is 30.0 Å². The molecule has 124 valence electrons. The Labute approximate surface area is 145 Å². The summed E-state index contributed by atoms with van der Waals surface area (Å²) >= 11 is 3.45. The molecule has 1 aromatic carbocycles. The second-order valence-corrected chi connectivity index (χ2v) is 7.56. The summed E-state index contributed by atoms with van der Waals surface area (Å²) in [7, 11) is 0. The molecule has 1 saturated heterocycles. The highest BCUT2D eigenvalue weighted by atomic mass is 79.9. The fraction of sp³-hybridized carbons (Fsp3) is 0.556. The van der Waals surface area contributed by atoms with Crippen LogP contribution in [0.1, 0.15) is 44.1 Å². The van der Waals surface area contributed by atoms with Crippen molar-refractivity contribution < 1.29 is 9.59 Å². The number of hydrogen-bond donors (Lipinski definition) is 1. The van der Waals surface area contributed by atoms with Gasteiger partial charge in [0.1, 0.15) is 0 Å². The van der Waals surface area contributed by atoms with Crippen molar-refractivity contribution >= 4 is 27.7 Å². The van der Waals surface area contributed by atoms with E-state index in [1.165, 1.54) is 19.3 Å². The van der Waals surface area contributed by atoms with Gasteiger partial charge < -0.3 is 10.2 Å². The standard InChI is InChI=1S/C18H23BrN2O2/c19-15-6-4-5-13(9-15)11-21-12-14(10-17(21)22)18(23)20-16-7-2-1-3-8-16/h4-6,9,14,16H,1-3,7-8,10-12H2,(H,20,23). The highest BCUT2D eigenvalue weighted by Crippen LogP contribution is 2.23. The van der Waals surface area contributed by atoms with E-state index in [2.05, 4.69) is 21.2 Å². The second kappa shape index (κ2) is 7.47. The molecule has 1 atom stereocenters. The van der Waals surface area contributed by atoms with Gasteiger partial charge in [-0.2, -0.15) is 0 Å². The molecule has 4 nitrogen and oxygen atoms in total. The van der Waals surface area contributed by atoms with Crippen LogP contribution in [0.2, 0.25) is 0 Å². The SMILES string of the molecule is O=C(NC1CCCCC1)C1CC(=O)N(Cc2cccc(Br)c2)C1. The first kappa shape index (κ1) is 16.5. The number of halogens is 1. The number of carbonyl (C=O) groups excluding carboxylic acids is 2. The number of rotatable bonds is 4. The highest BCUT2D eigenvalue weighted by molar-refractivity contribution is 9.10. The van der Waals surface area contributed by atoms with Crippen LogP contribution >= 0.6 is 15.9 Å². The van der Waals surface area contributed by atoms with Crippen LogP contribution < -0.4 is 5.32 Å². The molecule has 1 aliphatic carbocycles. The Morgan fingerprint density at radius 2 is 2.04 bits per heavy atom. The number of amides is 2. The largest absolute Gasteiger partial charge is 0.353 e. The Balaban J connectivity index is 1.55. The summed E-state index contributed by atoms with van der Waals surface area (Å²) in [5.41, 5.74) is 1.08. The van der Waals surface area contributed by atoms with Crippen LogP contribution in [0.15, 0.2) is 28.7 Å². The molecule has 2 fully saturated rings. The molecule has 0 bridgehead atoms. The molecule has 3 rings (SSSR count). The van der Waals surface area contributed by atoms with Crippen molar-refractivity contribution in [3.63, 3.8) is 0 Å². The van der Waals surface area contributed by atoms with Crippen molar-refractivity contribution in [2.24, 2.45) is 5.92 Å². The van der Waals surface area contributed by atoms with Gasteiger partial charge in [0.2, 0.25) is 11.8 Å². The van der Waals surface area contributed by atoms with Gasteiger partial charge in [0.25, 0.3) is 0 Å². The minimum Gasteiger partial charge on any atom is -0.353 e. The Kier molecular flexibility index (Phi) is 5.36. The Bertz CT molecular complexity index is 584. The summed E-state index contributed by atoms with van der Waals surface area (Å²) in [4.78, 5) is 26.4. The molecule has 1 N–H and O–H groups in total. The van der Waals surface area contributed by atoms with E-state index in [0.717, 1.165) is 22.9 Å². The molecule has 1 aliphatic heterocycles. The van der Waals surface area contributed by atoms with E-state index in [4.69, 9.17) is 0 Å². The number of nitrogens with zero attached hydrogens (tertiary/aromatic N) is 1. The first-order valence-corrected chi connectivity index (χ1v) is 9.24. The number of nitrogens with one attached hydrogen (secondary N) is 1. The molecule has 0 aromatic heterocycles. The molecule has 23 heavy (non-hydrogen) atoms. The van der Waals surface area contributed by atoms with E-state index in [-0.39, 0.29) is 17.7 Å². The molecule has 1 aromatic rings. The summed E-state index contributed by atoms with van der Waals surface area (Å²) in [6.45, 7) is 1.11. The van der Waals surface area contributed by atoms with Gasteiger partial charge in [0.05, 0.1) is 5.92 Å². The molecular weight excluding hydrogens is 356 g/mol. The first-order chi connectivity index (χ1) is 11.1. The van der Waals surface area contributed by atoms with E-state index >= 15 is 0 Å². The first-order valence-electron chi connectivity index (χ1n) is 8.44. The fourth-order valence-electron chi connectivity index (χ4n) is 3.52. The van der Waals surface area contributed by atoms with Crippen LogP contribution in [0, 0.1) is 5.92 Å². The summed E-state index contributed by atoms with van der Waals surface area (Å²) in [5.74, 6) is -0.0626. The van der Waals surface area contributed by atoms with Gasteiger partial charge in [-0.15, -0.1) is 0 Å². The van der Waals surface area contributed by atoms with Crippen molar-refractivity contribution in [2.45, 2.75) is 51.1 Å². The van der Waals surface area contributed by atoms with Gasteiger partial charge >= 0.3 is 0 Å². The van der Waals surface area contributed by atoms with Crippen molar-refractivity contribution in [3.8, 4) is 0 Å². The van der Waals surface area contributed by atoms with Crippen molar-refractivity contribution in [1.29, 1.82) is 0 Å². The maximum atomic E-state index is 12.4. The molecule has 1 saturated carbocycles. The lowest BCUT2D eigenvalue weighted by atomic mass is 9.95. The Morgan fingerprint density at radius 3 is 2.78 bits per heavy atom. The topological polar surface area (TPSA) is 49.4 Å². The maximum absolute atomic E-state index is 12.4. The number of likely N-dealkylation sites (tertiary alicyclic amines) is 1. The zero-order valence-electron chi connectivity index (χ0n) is 13.3. The van der Waals surface area contributed by atoms with E-state index in [1.54, 1.807) is 4.90 Å². The van der Waals surface area contributed by atoms with E-state index in [9.17, 15) is 9.59 Å². The molecule has 0 spiro atoms. The Morgan fingerprint density at radius 1 is 1.26 bits per heavy atom. The van der Waals surface area contributed by atoms with E-state index in [1.807, 2.05) is 24.3 Å². The van der Waals surface area contributed by atoms with E-state index in [0.29, 0.717) is 25.6 Å². The molecular formula is C18H23BrN2O2. The lowest BCUT2D eigenvalue weighted by molar-refractivity contribution is -0.129. The van der Waals surface area contributed by atoms with Gasteiger partial charge in [-0.1, -0.05) is 47.3 Å². The van der Waals surface area contributed by atoms with Crippen molar-refractivity contribution in [3.05, 3.63) is 34.3 Å². The minimum atomic E-state index is -0.198. The van der Waals surface area contributed by atoms with Crippen LogP contribution in [0.4, 0.5) is 0 Å². The predicted octanol–water partition coefficient (Wildman–Crippen LogP) is 3.25. The third kappa shape index (κ3) is 4.34. The van der Waals surface area contributed by atoms with E-state index < -0.39 is 0 Å². The monoisotopic (exact) mass is 378 g/mol. The average molecular weight is 379 g/mol. The molecule has 5 heteroatoms. The number of benzene rings is 1. The van der Waals surface area contributed by atoms with Crippen molar-refractivity contribution in [2.75, 3.05) is 6.54 Å². The summed E-state index contributed by atoms with van der Waals surface area (Å²) in [5, 5.41) is 3.15. The minimum absolute atomic E-state index is 0.0574. The number of hydrogen-bond acceptors (Lipinski definition) is 2. The molecule has 1 heterocycles. The maximum Gasteiger partial charge on any atom is 0.225 e. The summed E-state index contributed by atoms with van der Waals surface area (Å²) in [6, 6.07) is 8.27. The quantitative estimate of drug-likeness (QED) is 0.873. The van der Waals surface area contributed by atoms with Crippen LogP contribution in [-0.4, -0.2) is 29.3 Å². The van der Waals surface area contributed by atoms with Crippen LogP contribution in [0.3, 0.4) is 0 Å². The normalized spacial score (nSPS) is 22.4. The summed E-state index contributed by atoms with van der Waals surface area (Å²) < 4.78 is 1.01. The molecule has 2 amide bonds. The molecule has 0 radical (unpaired) electrons. The Hall–Kier alpha value is -1.36. The van der Waals surface area contributed by atoms with Crippen molar-refractivity contribution in [1.82, 2.24) is 10.2 Å². The average Bonchev–Trinajstić information content (AvgIpc) is 2.89. The zero-order valence-corrected chi connectivity index (χ0v) is 14.8. The van der Waals surface area contributed by atoms with Crippen LogP contribution in [-0.2, 0) is 16.1 Å². The predicted molar refractivity (Wildman–Crippen MR) is 92.7 cm³/mol. The smallest absolute Gasteiger partial charge is 0.225 e. The highest BCUT2D eigenvalue weighted by Gasteiger charge is 2.35. The van der Waals surface area contributed by atoms with Gasteiger partial charge in [0.15, 0.2) is 0 Å². The second-order valence-electron chi connectivity index (χ2n) is 6.65. The van der Waals surface area contributed by atoms with Gasteiger partial charge in [-0.3, -0.25) is 9.59 Å². The summed E-state index contributed by atoms with van der Waals surface area (Å²) in [6.07, 6.45) is 6.16. The third-order valence-corrected chi connectivity index (χ3v) is 5.29. The van der Waals surface area contributed by atoms with Crippen LogP contribution in [0.25, 0.3) is 0 Å². The zero-order chi connectivity index (χ0) is 16.2. The number of carbonyl (C=O) groups is 2.